The van der Waals surface area contributed by atoms with Gasteiger partial charge >= 0.3 is 0 Å². The van der Waals surface area contributed by atoms with Crippen LogP contribution in [0.25, 0.3) is 0 Å². The standard InChI is InChI=1S/C15H22N2O2/c1-19-11-10-16-9-8-12-2-6-14(7-3-12)17-15(18)13-4-5-13/h2-3,6-7,13,16H,4-5,8-11H2,1H3,(H,17,18). The lowest BCUT2D eigenvalue weighted by molar-refractivity contribution is -0.117. The Bertz CT molecular complexity index is 399. The lowest BCUT2D eigenvalue weighted by atomic mass is 10.1. The molecule has 0 aliphatic heterocycles. The molecule has 1 aliphatic rings. The van der Waals surface area contributed by atoms with Gasteiger partial charge in [-0.15, -0.1) is 0 Å². The number of amides is 1. The Hall–Kier alpha value is -1.39. The molecule has 1 saturated carbocycles. The van der Waals surface area contributed by atoms with Crippen molar-refractivity contribution in [2.24, 2.45) is 5.92 Å². The van der Waals surface area contributed by atoms with Gasteiger partial charge in [-0.2, -0.15) is 0 Å². The average Bonchev–Trinajstić information content (AvgIpc) is 3.25. The van der Waals surface area contributed by atoms with E-state index in [-0.39, 0.29) is 11.8 Å². The molecule has 1 aliphatic carbocycles. The zero-order chi connectivity index (χ0) is 13.5. The summed E-state index contributed by atoms with van der Waals surface area (Å²) in [5.41, 5.74) is 2.17. The molecule has 0 atom stereocenters. The van der Waals surface area contributed by atoms with Crippen LogP contribution in [0.4, 0.5) is 5.69 Å². The first kappa shape index (κ1) is 14.0. The topological polar surface area (TPSA) is 50.4 Å². The van der Waals surface area contributed by atoms with Crippen LogP contribution in [0.3, 0.4) is 0 Å². The van der Waals surface area contributed by atoms with Crippen LogP contribution < -0.4 is 10.6 Å². The number of ether oxygens (including phenoxy) is 1. The molecule has 0 unspecified atom stereocenters. The summed E-state index contributed by atoms with van der Waals surface area (Å²) < 4.78 is 4.97. The zero-order valence-corrected chi connectivity index (χ0v) is 11.4. The van der Waals surface area contributed by atoms with Gasteiger partial charge in [0.1, 0.15) is 0 Å². The summed E-state index contributed by atoms with van der Waals surface area (Å²) in [5.74, 6) is 0.415. The minimum absolute atomic E-state index is 0.161. The fourth-order valence-electron chi connectivity index (χ4n) is 1.88. The van der Waals surface area contributed by atoms with Gasteiger partial charge in [-0.1, -0.05) is 12.1 Å². The maximum absolute atomic E-state index is 11.6. The maximum Gasteiger partial charge on any atom is 0.227 e. The number of methoxy groups -OCH3 is 1. The maximum atomic E-state index is 11.6. The number of hydrogen-bond donors (Lipinski definition) is 2. The predicted molar refractivity (Wildman–Crippen MR) is 76.2 cm³/mol. The Labute approximate surface area is 114 Å². The van der Waals surface area contributed by atoms with Crippen LogP contribution in [0.15, 0.2) is 24.3 Å². The van der Waals surface area contributed by atoms with E-state index >= 15 is 0 Å². The lowest BCUT2D eigenvalue weighted by Crippen LogP contribution is -2.21. The molecule has 1 fully saturated rings. The molecule has 104 valence electrons. The van der Waals surface area contributed by atoms with E-state index < -0.39 is 0 Å². The van der Waals surface area contributed by atoms with Crippen molar-refractivity contribution in [1.29, 1.82) is 0 Å². The van der Waals surface area contributed by atoms with Gasteiger partial charge in [-0.05, 0) is 43.5 Å². The van der Waals surface area contributed by atoms with E-state index in [1.54, 1.807) is 7.11 Å². The van der Waals surface area contributed by atoms with Crippen molar-refractivity contribution >= 4 is 11.6 Å². The molecule has 4 heteroatoms. The molecule has 0 bridgehead atoms. The second-order valence-electron chi connectivity index (χ2n) is 4.95. The number of benzene rings is 1. The molecule has 19 heavy (non-hydrogen) atoms. The summed E-state index contributed by atoms with van der Waals surface area (Å²) in [6.45, 7) is 2.56. The van der Waals surface area contributed by atoms with Crippen LogP contribution in [-0.2, 0) is 16.0 Å². The third-order valence-electron chi connectivity index (χ3n) is 3.24. The first-order valence-electron chi connectivity index (χ1n) is 6.89. The van der Waals surface area contributed by atoms with Crippen molar-refractivity contribution in [2.45, 2.75) is 19.3 Å². The SMILES string of the molecule is COCCNCCc1ccc(NC(=O)C2CC2)cc1. The fourth-order valence-corrected chi connectivity index (χ4v) is 1.88. The van der Waals surface area contributed by atoms with Crippen LogP contribution >= 0.6 is 0 Å². The van der Waals surface area contributed by atoms with Gasteiger partial charge < -0.3 is 15.4 Å². The molecule has 0 radical (unpaired) electrons. The van der Waals surface area contributed by atoms with E-state index in [9.17, 15) is 4.79 Å². The van der Waals surface area contributed by atoms with E-state index in [0.29, 0.717) is 0 Å². The van der Waals surface area contributed by atoms with Gasteiger partial charge in [0.2, 0.25) is 5.91 Å². The highest BCUT2D eigenvalue weighted by atomic mass is 16.5. The van der Waals surface area contributed by atoms with Gasteiger partial charge in [0.05, 0.1) is 6.61 Å². The minimum Gasteiger partial charge on any atom is -0.383 e. The molecule has 4 nitrogen and oxygen atoms in total. The predicted octanol–water partition coefficient (Wildman–Crippen LogP) is 1.81. The van der Waals surface area contributed by atoms with E-state index in [2.05, 4.69) is 22.8 Å². The molecule has 1 amide bonds. The van der Waals surface area contributed by atoms with Crippen LogP contribution in [-0.4, -0.2) is 32.7 Å². The van der Waals surface area contributed by atoms with Crippen molar-refractivity contribution in [2.75, 3.05) is 32.1 Å². The second kappa shape index (κ2) is 7.26. The Morgan fingerprint density at radius 2 is 2.00 bits per heavy atom. The van der Waals surface area contributed by atoms with Crippen molar-refractivity contribution in [3.8, 4) is 0 Å². The highest BCUT2D eigenvalue weighted by molar-refractivity contribution is 5.93. The van der Waals surface area contributed by atoms with Crippen molar-refractivity contribution < 1.29 is 9.53 Å². The normalized spacial score (nSPS) is 14.4. The molecule has 0 aromatic heterocycles. The van der Waals surface area contributed by atoms with Crippen LogP contribution in [0, 0.1) is 5.92 Å². The molecule has 2 N–H and O–H groups in total. The molecule has 0 heterocycles. The molecule has 0 spiro atoms. The molecule has 0 saturated heterocycles. The van der Waals surface area contributed by atoms with E-state index in [0.717, 1.165) is 44.6 Å². The number of carbonyl (C=O) groups is 1. The summed E-state index contributed by atoms with van der Waals surface area (Å²) >= 11 is 0. The third-order valence-corrected chi connectivity index (χ3v) is 3.24. The number of rotatable bonds is 8. The second-order valence-corrected chi connectivity index (χ2v) is 4.95. The summed E-state index contributed by atoms with van der Waals surface area (Å²) in [6.07, 6.45) is 3.06. The first-order chi connectivity index (χ1) is 9.29. The highest BCUT2D eigenvalue weighted by Crippen LogP contribution is 2.30. The lowest BCUT2D eigenvalue weighted by Gasteiger charge is -2.07. The van der Waals surface area contributed by atoms with E-state index in [1.807, 2.05) is 12.1 Å². The van der Waals surface area contributed by atoms with Crippen molar-refractivity contribution in [3.05, 3.63) is 29.8 Å². The molecular formula is C15H22N2O2. The first-order valence-corrected chi connectivity index (χ1v) is 6.89. The number of nitrogens with one attached hydrogen (secondary N) is 2. The van der Waals surface area contributed by atoms with Crippen LogP contribution in [0.1, 0.15) is 18.4 Å². The van der Waals surface area contributed by atoms with Gasteiger partial charge in [0.15, 0.2) is 0 Å². The summed E-state index contributed by atoms with van der Waals surface area (Å²) in [4.78, 5) is 11.6. The highest BCUT2D eigenvalue weighted by Gasteiger charge is 2.29. The molecule has 1 aromatic carbocycles. The molecule has 2 rings (SSSR count). The largest absolute Gasteiger partial charge is 0.383 e. The quantitative estimate of drug-likeness (QED) is 0.703. The van der Waals surface area contributed by atoms with Gasteiger partial charge in [0.25, 0.3) is 0 Å². The minimum atomic E-state index is 0.161. The Balaban J connectivity index is 1.70. The van der Waals surface area contributed by atoms with Gasteiger partial charge in [-0.25, -0.2) is 0 Å². The Morgan fingerprint density at radius 1 is 1.26 bits per heavy atom. The van der Waals surface area contributed by atoms with Crippen molar-refractivity contribution in [3.63, 3.8) is 0 Å². The Kier molecular flexibility index (Phi) is 5.36. The van der Waals surface area contributed by atoms with Gasteiger partial charge in [-0.3, -0.25) is 4.79 Å². The average molecular weight is 262 g/mol. The molecule has 1 aromatic rings. The number of carbonyl (C=O) groups excluding carboxylic acids is 1. The molecular weight excluding hydrogens is 240 g/mol. The van der Waals surface area contributed by atoms with Crippen LogP contribution in [0.2, 0.25) is 0 Å². The van der Waals surface area contributed by atoms with Gasteiger partial charge in [0, 0.05) is 25.3 Å². The zero-order valence-electron chi connectivity index (χ0n) is 11.4. The number of anilines is 1. The smallest absolute Gasteiger partial charge is 0.227 e. The van der Waals surface area contributed by atoms with Crippen LogP contribution in [0.5, 0.6) is 0 Å². The van der Waals surface area contributed by atoms with E-state index in [4.69, 9.17) is 4.74 Å². The van der Waals surface area contributed by atoms with Crippen molar-refractivity contribution in [1.82, 2.24) is 5.32 Å². The number of hydrogen-bond acceptors (Lipinski definition) is 3. The van der Waals surface area contributed by atoms with E-state index in [1.165, 1.54) is 5.56 Å². The third kappa shape index (κ3) is 5.01. The summed E-state index contributed by atoms with van der Waals surface area (Å²) in [7, 11) is 1.70. The Morgan fingerprint density at radius 3 is 2.63 bits per heavy atom. The fraction of sp³-hybridized carbons (Fsp3) is 0.533. The monoisotopic (exact) mass is 262 g/mol. The summed E-state index contributed by atoms with van der Waals surface area (Å²) in [6, 6.07) is 8.09. The summed E-state index contributed by atoms with van der Waals surface area (Å²) in [5, 5.41) is 6.25.